The van der Waals surface area contributed by atoms with Crippen LogP contribution >= 0.6 is 0 Å². The minimum Gasteiger partial charge on any atom is -0.507 e. The minimum absolute atomic E-state index is 0.0443. The number of aromatic nitrogens is 1. The number of esters is 1. The number of piperidine rings is 1. The highest BCUT2D eigenvalue weighted by Gasteiger charge is 2.42. The Balaban J connectivity index is 1.76. The number of nitrogens with one attached hydrogen (secondary N) is 1. The van der Waals surface area contributed by atoms with Gasteiger partial charge < -0.3 is 19.6 Å². The quantitative estimate of drug-likeness (QED) is 0.367. The van der Waals surface area contributed by atoms with Gasteiger partial charge in [0, 0.05) is 35.6 Å². The predicted octanol–water partition coefficient (Wildman–Crippen LogP) is 3.30. The van der Waals surface area contributed by atoms with Crippen molar-refractivity contribution >= 4 is 16.9 Å². The molecule has 0 bridgehead atoms. The molecule has 3 atom stereocenters. The van der Waals surface area contributed by atoms with Gasteiger partial charge >= 0.3 is 5.97 Å². The van der Waals surface area contributed by atoms with Gasteiger partial charge in [-0.1, -0.05) is 12.1 Å². The lowest BCUT2D eigenvalue weighted by molar-refractivity contribution is -0.137. The molecule has 3 unspecified atom stereocenters. The van der Waals surface area contributed by atoms with Crippen molar-refractivity contribution in [1.82, 2.24) is 9.88 Å². The number of carbonyl (C=O) groups is 1. The van der Waals surface area contributed by atoms with E-state index >= 15 is 0 Å². The fraction of sp³-hybridized carbons (Fsp3) is 0.409. The van der Waals surface area contributed by atoms with Crippen molar-refractivity contribution in [2.24, 2.45) is 11.8 Å². The van der Waals surface area contributed by atoms with Crippen LogP contribution in [0.1, 0.15) is 23.7 Å². The molecule has 0 amide bonds. The summed E-state index contributed by atoms with van der Waals surface area (Å²) in [5, 5.41) is 11.3. The van der Waals surface area contributed by atoms with Gasteiger partial charge in [-0.3, -0.25) is 4.90 Å². The first kappa shape index (κ1) is 18.6. The Kier molecular flexibility index (Phi) is 4.89. The predicted molar refractivity (Wildman–Crippen MR) is 107 cm³/mol. The van der Waals surface area contributed by atoms with Gasteiger partial charge in [0.05, 0.1) is 32.1 Å². The maximum absolute atomic E-state index is 12.4. The van der Waals surface area contributed by atoms with Crippen molar-refractivity contribution in [3.8, 4) is 5.75 Å². The first-order chi connectivity index (χ1) is 13.6. The smallest absolute Gasteiger partial charge is 0.337 e. The molecule has 0 radical (unpaired) electrons. The number of rotatable bonds is 4. The number of fused-ring (bicyclic) bond motifs is 5. The number of aromatic hydroxyl groups is 1. The zero-order valence-corrected chi connectivity index (χ0v) is 16.3. The number of aromatic amines is 1. The molecular formula is C22H26N2O4. The average Bonchev–Trinajstić information content (AvgIpc) is 3.10. The molecule has 2 aliphatic rings. The highest BCUT2D eigenvalue weighted by atomic mass is 16.5. The van der Waals surface area contributed by atoms with E-state index in [0.29, 0.717) is 11.3 Å². The summed E-state index contributed by atoms with van der Waals surface area (Å²) in [6, 6.07) is 5.72. The van der Waals surface area contributed by atoms with Crippen molar-refractivity contribution in [2.75, 3.05) is 27.3 Å². The van der Waals surface area contributed by atoms with Crippen molar-refractivity contribution in [3.05, 3.63) is 53.9 Å². The Bertz CT molecular complexity index is 945. The van der Waals surface area contributed by atoms with E-state index in [-0.39, 0.29) is 23.8 Å². The summed E-state index contributed by atoms with van der Waals surface area (Å²) in [4.78, 5) is 18.4. The number of carbonyl (C=O) groups excluding carboxylic acids is 1. The fourth-order valence-corrected chi connectivity index (χ4v) is 4.88. The molecule has 2 aliphatic heterocycles. The minimum atomic E-state index is -0.363. The average molecular weight is 382 g/mol. The summed E-state index contributed by atoms with van der Waals surface area (Å²) < 4.78 is 10.2. The van der Waals surface area contributed by atoms with Crippen LogP contribution in [0.2, 0.25) is 0 Å². The van der Waals surface area contributed by atoms with E-state index in [9.17, 15) is 9.90 Å². The Morgan fingerprint density at radius 3 is 2.93 bits per heavy atom. The number of H-pyrrole nitrogens is 1. The van der Waals surface area contributed by atoms with Crippen LogP contribution in [-0.4, -0.2) is 48.3 Å². The maximum Gasteiger partial charge on any atom is 0.337 e. The van der Waals surface area contributed by atoms with Gasteiger partial charge in [0.2, 0.25) is 0 Å². The van der Waals surface area contributed by atoms with Crippen molar-refractivity contribution < 1.29 is 19.4 Å². The summed E-state index contributed by atoms with van der Waals surface area (Å²) >= 11 is 0. The molecule has 148 valence electrons. The molecule has 4 rings (SSSR count). The number of phenolic OH excluding ortho intramolecular Hbond substituents is 1. The molecule has 6 nitrogen and oxygen atoms in total. The Morgan fingerprint density at radius 2 is 2.21 bits per heavy atom. The van der Waals surface area contributed by atoms with Gasteiger partial charge in [0.1, 0.15) is 5.75 Å². The fourth-order valence-electron chi connectivity index (χ4n) is 4.88. The second-order valence-corrected chi connectivity index (χ2v) is 7.52. The van der Waals surface area contributed by atoms with E-state index in [1.54, 1.807) is 13.2 Å². The summed E-state index contributed by atoms with van der Waals surface area (Å²) in [6.07, 6.45) is 5.07. The second-order valence-electron chi connectivity index (χ2n) is 7.52. The third-order valence-electron chi connectivity index (χ3n) is 6.17. The van der Waals surface area contributed by atoms with Crippen molar-refractivity contribution in [3.63, 3.8) is 0 Å². The number of methoxy groups -OCH3 is 2. The molecule has 1 aromatic heterocycles. The van der Waals surface area contributed by atoms with E-state index < -0.39 is 0 Å². The number of nitrogens with zero attached hydrogens (tertiary/aromatic N) is 1. The van der Waals surface area contributed by atoms with Crippen LogP contribution in [0.5, 0.6) is 5.75 Å². The monoisotopic (exact) mass is 382 g/mol. The van der Waals surface area contributed by atoms with Gasteiger partial charge in [-0.05, 0) is 36.5 Å². The molecule has 6 heteroatoms. The molecule has 0 aliphatic carbocycles. The molecule has 3 heterocycles. The lowest BCUT2D eigenvalue weighted by atomic mass is 9.75. The highest BCUT2D eigenvalue weighted by molar-refractivity contribution is 5.91. The SMILES string of the molecule is C=CC1CN2CCc3c([nH]c4cccc(O)c34)C2CC1C(=COC)C(=O)OC. The van der Waals surface area contributed by atoms with Crippen LogP contribution in [0.15, 0.2) is 42.7 Å². The summed E-state index contributed by atoms with van der Waals surface area (Å²) in [7, 11) is 2.93. The van der Waals surface area contributed by atoms with Gasteiger partial charge in [0.25, 0.3) is 0 Å². The summed E-state index contributed by atoms with van der Waals surface area (Å²) in [6.45, 7) is 5.73. The molecule has 0 saturated carbocycles. The summed E-state index contributed by atoms with van der Waals surface area (Å²) in [5.41, 5.74) is 3.81. The zero-order valence-electron chi connectivity index (χ0n) is 16.3. The van der Waals surface area contributed by atoms with Crippen LogP contribution in [0, 0.1) is 11.8 Å². The van der Waals surface area contributed by atoms with Crippen LogP contribution in [0.25, 0.3) is 10.9 Å². The standard InChI is InChI=1S/C22H26N2O4/c1-4-13-11-24-9-8-14-20-17(6-5-7-19(20)25)23-21(14)18(24)10-15(13)16(12-27-2)22(26)28-3/h4-7,12-13,15,18,23,25H,1,8-11H2,2-3H3. The van der Waals surface area contributed by atoms with Gasteiger partial charge in [-0.25, -0.2) is 4.79 Å². The van der Waals surface area contributed by atoms with Gasteiger partial charge in [-0.15, -0.1) is 6.58 Å². The van der Waals surface area contributed by atoms with Crippen LogP contribution in [0.3, 0.4) is 0 Å². The molecule has 2 N–H and O–H groups in total. The normalized spacial score (nSPS) is 25.1. The Labute approximate surface area is 164 Å². The third kappa shape index (κ3) is 2.88. The molecule has 1 fully saturated rings. The molecule has 2 aromatic rings. The second kappa shape index (κ2) is 7.36. The van der Waals surface area contributed by atoms with E-state index in [1.807, 2.05) is 18.2 Å². The van der Waals surface area contributed by atoms with E-state index in [4.69, 9.17) is 9.47 Å². The van der Waals surface area contributed by atoms with E-state index in [1.165, 1.54) is 18.9 Å². The number of hydrogen-bond donors (Lipinski definition) is 2. The molecular weight excluding hydrogens is 356 g/mol. The molecule has 28 heavy (non-hydrogen) atoms. The van der Waals surface area contributed by atoms with E-state index in [0.717, 1.165) is 42.5 Å². The summed E-state index contributed by atoms with van der Waals surface area (Å²) in [5.74, 6) is 0.0416. The van der Waals surface area contributed by atoms with Gasteiger partial charge in [-0.2, -0.15) is 0 Å². The molecule has 1 saturated heterocycles. The number of phenols is 1. The third-order valence-corrected chi connectivity index (χ3v) is 6.17. The van der Waals surface area contributed by atoms with E-state index in [2.05, 4.69) is 16.5 Å². The highest BCUT2D eigenvalue weighted by Crippen LogP contribution is 2.46. The van der Waals surface area contributed by atoms with Crippen LogP contribution < -0.4 is 0 Å². The lowest BCUT2D eigenvalue weighted by Gasteiger charge is -2.45. The largest absolute Gasteiger partial charge is 0.507 e. The molecule has 1 aromatic carbocycles. The van der Waals surface area contributed by atoms with Gasteiger partial charge in [0.15, 0.2) is 0 Å². The maximum atomic E-state index is 12.4. The zero-order chi connectivity index (χ0) is 19.8. The van der Waals surface area contributed by atoms with Crippen molar-refractivity contribution in [2.45, 2.75) is 18.9 Å². The Morgan fingerprint density at radius 1 is 1.39 bits per heavy atom. The first-order valence-electron chi connectivity index (χ1n) is 9.59. The molecule has 0 spiro atoms. The number of hydrogen-bond acceptors (Lipinski definition) is 5. The first-order valence-corrected chi connectivity index (χ1v) is 9.59. The van der Waals surface area contributed by atoms with Crippen molar-refractivity contribution in [1.29, 1.82) is 0 Å². The number of benzene rings is 1. The topological polar surface area (TPSA) is 74.8 Å². The van der Waals surface area contributed by atoms with Crippen LogP contribution in [-0.2, 0) is 20.7 Å². The Hall–Kier alpha value is -2.73. The lowest BCUT2D eigenvalue weighted by Crippen LogP contribution is -2.46. The number of ether oxygens (including phenoxy) is 2. The van der Waals surface area contributed by atoms with Crippen LogP contribution in [0.4, 0.5) is 0 Å².